The van der Waals surface area contributed by atoms with Gasteiger partial charge in [-0.1, -0.05) is 11.6 Å². The number of nitrogens with one attached hydrogen (secondary N) is 1. The van der Waals surface area contributed by atoms with Gasteiger partial charge >= 0.3 is 11.7 Å². The maximum absolute atomic E-state index is 14.4. The van der Waals surface area contributed by atoms with E-state index in [1.54, 1.807) is 0 Å². The molecule has 2 heterocycles. The number of rotatable bonds is 7. The molecule has 2 aromatic carbocycles. The predicted octanol–water partition coefficient (Wildman–Crippen LogP) is 4.03. The van der Waals surface area contributed by atoms with Gasteiger partial charge in [-0.3, -0.25) is 0 Å². The highest BCUT2D eigenvalue weighted by Gasteiger charge is 2.21. The number of aromatic nitrogens is 3. The average molecular weight is 506 g/mol. The van der Waals surface area contributed by atoms with Gasteiger partial charge in [0.1, 0.15) is 12.4 Å². The summed E-state index contributed by atoms with van der Waals surface area (Å²) in [5, 5.41) is 0.0944. The van der Waals surface area contributed by atoms with Crippen molar-refractivity contribution in [2.24, 2.45) is 0 Å². The molecule has 0 aliphatic rings. The van der Waals surface area contributed by atoms with Gasteiger partial charge in [0.15, 0.2) is 34.5 Å². The molecule has 0 amide bonds. The topological polar surface area (TPSA) is 105 Å². The molecule has 9 nitrogen and oxygen atoms in total. The first-order chi connectivity index (χ1) is 16.8. The molecular formula is C23H18ClF2N3O6. The van der Waals surface area contributed by atoms with E-state index in [4.69, 9.17) is 30.5 Å². The number of imidazole rings is 1. The zero-order chi connectivity index (χ0) is 25.3. The molecule has 0 radical (unpaired) electrons. The summed E-state index contributed by atoms with van der Waals surface area (Å²) in [6, 6.07) is 7.89. The summed E-state index contributed by atoms with van der Waals surface area (Å²) in [6.45, 7) is -0.419. The van der Waals surface area contributed by atoms with Crippen LogP contribution in [0.15, 0.2) is 41.2 Å². The smallest absolute Gasteiger partial charge is 0.356 e. The minimum atomic E-state index is -1.12. The number of hydrogen-bond acceptors (Lipinski definition) is 7. The van der Waals surface area contributed by atoms with Gasteiger partial charge in [0.25, 0.3) is 0 Å². The summed E-state index contributed by atoms with van der Waals surface area (Å²) < 4.78 is 50.1. The molecule has 4 rings (SSSR count). The first-order valence-corrected chi connectivity index (χ1v) is 10.4. The fraction of sp³-hybridized carbons (Fsp3) is 0.174. The second-order valence-corrected chi connectivity index (χ2v) is 7.52. The number of pyridine rings is 1. The van der Waals surface area contributed by atoms with E-state index in [2.05, 4.69) is 9.97 Å². The fourth-order valence-electron chi connectivity index (χ4n) is 3.44. The van der Waals surface area contributed by atoms with Crippen molar-refractivity contribution in [3.8, 4) is 22.9 Å². The lowest BCUT2D eigenvalue weighted by atomic mass is 10.2. The number of carbonyl (C=O) groups excluding carboxylic acids is 1. The Hall–Kier alpha value is -4.12. The minimum Gasteiger partial charge on any atom is -0.496 e. The second kappa shape index (κ2) is 9.63. The molecule has 0 aliphatic heterocycles. The predicted molar refractivity (Wildman–Crippen MR) is 122 cm³/mol. The highest BCUT2D eigenvalue weighted by atomic mass is 35.5. The highest BCUT2D eigenvalue weighted by Crippen LogP contribution is 2.37. The zero-order valence-electron chi connectivity index (χ0n) is 18.6. The number of carbonyl (C=O) groups is 1. The summed E-state index contributed by atoms with van der Waals surface area (Å²) in [5.41, 5.74) is -0.190. The highest BCUT2D eigenvalue weighted by molar-refractivity contribution is 6.32. The van der Waals surface area contributed by atoms with Crippen LogP contribution in [0.4, 0.5) is 8.78 Å². The van der Waals surface area contributed by atoms with Crippen LogP contribution in [0.2, 0.25) is 5.02 Å². The fourth-order valence-corrected chi connectivity index (χ4v) is 3.68. The molecule has 0 aliphatic carbocycles. The number of H-pyrrole nitrogens is 1. The molecule has 182 valence electrons. The van der Waals surface area contributed by atoms with E-state index in [0.29, 0.717) is 5.52 Å². The normalized spacial score (nSPS) is 10.9. The first kappa shape index (κ1) is 24.0. The van der Waals surface area contributed by atoms with E-state index in [1.807, 2.05) is 0 Å². The lowest BCUT2D eigenvalue weighted by Crippen LogP contribution is -2.16. The van der Waals surface area contributed by atoms with Gasteiger partial charge in [-0.25, -0.2) is 27.9 Å². The van der Waals surface area contributed by atoms with Crippen molar-refractivity contribution in [3.05, 3.63) is 74.8 Å². The van der Waals surface area contributed by atoms with E-state index >= 15 is 0 Å². The molecule has 2 aromatic heterocycles. The van der Waals surface area contributed by atoms with Gasteiger partial charge < -0.3 is 23.9 Å². The molecule has 0 unspecified atom stereocenters. The quantitative estimate of drug-likeness (QED) is 0.378. The van der Waals surface area contributed by atoms with Crippen molar-refractivity contribution in [2.75, 3.05) is 21.3 Å². The van der Waals surface area contributed by atoms with E-state index in [-0.39, 0.29) is 44.9 Å². The number of halogens is 3. The average Bonchev–Trinajstić information content (AvgIpc) is 3.19. The summed E-state index contributed by atoms with van der Waals surface area (Å²) in [5.74, 6) is -2.54. The Morgan fingerprint density at radius 3 is 2.49 bits per heavy atom. The maximum Gasteiger partial charge on any atom is 0.356 e. The Labute approximate surface area is 201 Å². The summed E-state index contributed by atoms with van der Waals surface area (Å²) in [6.07, 6.45) is 0. The third-order valence-electron chi connectivity index (χ3n) is 5.15. The van der Waals surface area contributed by atoms with E-state index < -0.39 is 29.9 Å². The third kappa shape index (κ3) is 4.37. The maximum atomic E-state index is 14.4. The second-order valence-electron chi connectivity index (χ2n) is 7.11. The number of hydrogen-bond donors (Lipinski definition) is 1. The Bertz CT molecular complexity index is 1500. The summed E-state index contributed by atoms with van der Waals surface area (Å²) >= 11 is 6.43. The molecular weight excluding hydrogens is 488 g/mol. The summed E-state index contributed by atoms with van der Waals surface area (Å²) in [4.78, 5) is 31.5. The van der Waals surface area contributed by atoms with Gasteiger partial charge in [-0.2, -0.15) is 0 Å². The van der Waals surface area contributed by atoms with Gasteiger partial charge in [-0.15, -0.1) is 0 Å². The van der Waals surface area contributed by atoms with Gasteiger partial charge in [0, 0.05) is 12.1 Å². The van der Waals surface area contributed by atoms with Crippen LogP contribution in [0.25, 0.3) is 16.9 Å². The van der Waals surface area contributed by atoms with Crippen molar-refractivity contribution < 1.29 is 32.5 Å². The number of fused-ring (bicyclic) bond motifs is 1. The molecule has 0 fully saturated rings. The Balaban J connectivity index is 1.81. The lowest BCUT2D eigenvalue weighted by Gasteiger charge is -2.16. The molecule has 35 heavy (non-hydrogen) atoms. The largest absolute Gasteiger partial charge is 0.496 e. The minimum absolute atomic E-state index is 0.0254. The SMILES string of the molecule is COC(=O)c1ccc2[nH]c(=O)n(-c3cc(OCc4c(OC)ccc(F)c4F)c(OC)cc3Cl)c2n1. The van der Waals surface area contributed by atoms with Gasteiger partial charge in [0.05, 0.1) is 43.1 Å². The number of aromatic amines is 1. The summed E-state index contributed by atoms with van der Waals surface area (Å²) in [7, 11) is 3.89. The number of methoxy groups -OCH3 is 3. The number of nitrogens with zero attached hydrogens (tertiary/aromatic N) is 2. The van der Waals surface area contributed by atoms with Crippen molar-refractivity contribution in [2.45, 2.75) is 6.61 Å². The Morgan fingerprint density at radius 1 is 1.06 bits per heavy atom. The van der Waals surface area contributed by atoms with Crippen LogP contribution in [-0.4, -0.2) is 41.8 Å². The molecule has 0 bridgehead atoms. The van der Waals surface area contributed by atoms with Crippen LogP contribution in [0.3, 0.4) is 0 Å². The van der Waals surface area contributed by atoms with Crippen molar-refractivity contribution in [3.63, 3.8) is 0 Å². The Morgan fingerprint density at radius 2 is 1.80 bits per heavy atom. The Kier molecular flexibility index (Phi) is 6.61. The molecule has 0 atom stereocenters. The van der Waals surface area contributed by atoms with Crippen LogP contribution in [0.5, 0.6) is 17.2 Å². The van der Waals surface area contributed by atoms with Crippen LogP contribution in [-0.2, 0) is 11.3 Å². The van der Waals surface area contributed by atoms with Gasteiger partial charge in [0.2, 0.25) is 0 Å². The van der Waals surface area contributed by atoms with Crippen molar-refractivity contribution >= 4 is 28.7 Å². The lowest BCUT2D eigenvalue weighted by molar-refractivity contribution is 0.0594. The number of benzene rings is 2. The first-order valence-electron chi connectivity index (χ1n) is 10.0. The third-order valence-corrected chi connectivity index (χ3v) is 5.45. The van der Waals surface area contributed by atoms with Crippen LogP contribution in [0.1, 0.15) is 16.1 Å². The molecule has 4 aromatic rings. The van der Waals surface area contributed by atoms with E-state index in [1.165, 1.54) is 51.7 Å². The molecule has 12 heteroatoms. The zero-order valence-corrected chi connectivity index (χ0v) is 19.4. The molecule has 0 spiro atoms. The van der Waals surface area contributed by atoms with Gasteiger partial charge in [-0.05, 0) is 24.3 Å². The standard InChI is InChI=1S/C23H18ClF2N3O6/c1-32-17-7-4-13(25)20(26)11(17)10-35-19-9-16(12(24)8-18(19)33-2)29-21-14(28-23(29)31)5-6-15(27-21)22(30)34-3/h4-9H,10H2,1-3H3,(H,28,31). The van der Waals surface area contributed by atoms with Crippen molar-refractivity contribution in [1.82, 2.24) is 14.5 Å². The monoisotopic (exact) mass is 505 g/mol. The molecule has 1 N–H and O–H groups in total. The molecule has 0 saturated heterocycles. The number of ether oxygens (including phenoxy) is 4. The number of esters is 1. The van der Waals surface area contributed by atoms with Crippen LogP contribution < -0.4 is 19.9 Å². The van der Waals surface area contributed by atoms with Crippen molar-refractivity contribution in [1.29, 1.82) is 0 Å². The van der Waals surface area contributed by atoms with Crippen LogP contribution in [0, 0.1) is 11.6 Å². The molecule has 0 saturated carbocycles. The van der Waals surface area contributed by atoms with E-state index in [9.17, 15) is 18.4 Å². The van der Waals surface area contributed by atoms with E-state index in [0.717, 1.165) is 10.6 Å². The van der Waals surface area contributed by atoms with Crippen LogP contribution >= 0.6 is 11.6 Å².